The number of nitrogens with zero attached hydrogens (tertiary/aromatic N) is 18. The zero-order valence-corrected chi connectivity index (χ0v) is 75.0. The average molecular weight is 1930 g/mol. The first-order valence-corrected chi connectivity index (χ1v) is 46.1. The summed E-state index contributed by atoms with van der Waals surface area (Å²) in [6.07, 6.45) is 1.79. The fraction of sp³-hybridized carbons (Fsp3) is 0.256. The van der Waals surface area contributed by atoms with Crippen molar-refractivity contribution in [2.75, 3.05) is 167 Å². The summed E-state index contributed by atoms with van der Waals surface area (Å²) in [7, 11) is 0. The molecule has 12 aromatic heterocycles. The molecule has 0 spiro atoms. The van der Waals surface area contributed by atoms with Crippen molar-refractivity contribution in [1.82, 2.24) is 59.8 Å². The van der Waals surface area contributed by atoms with Crippen molar-refractivity contribution in [3.05, 3.63) is 203 Å². The van der Waals surface area contributed by atoms with Crippen molar-refractivity contribution in [3.8, 4) is 31.3 Å². The van der Waals surface area contributed by atoms with Crippen LogP contribution in [0.2, 0.25) is 26.3 Å². The SMILES string of the molecule is Cc1cccc(/C=N/Nc2nc(N3CCOCC3)c3sc(-c4ccccc4)cc3n2)c1.Clc1nc(Cl)c2sccc2n1.Clc1nc(N2CCOCC2)c2sc(-c3ccccc3)cc2n1.Clc1nc(N2CCOCC2)c2sc(I)cc2n1.Clc1nc(N2CCOCC2)c2sccc2n1.NNc1nc(N2CCOCC2)c2sc(-c3ccccc3)cc2n1. The summed E-state index contributed by atoms with van der Waals surface area (Å²) >= 11 is 41.7. The topological polar surface area (TPSA) is 279 Å². The smallest absolute Gasteiger partial charge is 0.246 e. The van der Waals surface area contributed by atoms with E-state index in [1.54, 1.807) is 62.9 Å². The monoisotopic (exact) mass is 1930 g/mol. The lowest BCUT2D eigenvalue weighted by Crippen LogP contribution is -2.37. The van der Waals surface area contributed by atoms with E-state index in [0.717, 1.165) is 201 Å². The Balaban J connectivity index is 0.000000110. The second-order valence-corrected chi connectivity index (χ2v) is 36.7. The number of hydrazone groups is 1. The van der Waals surface area contributed by atoms with Gasteiger partial charge in [-0.25, -0.2) is 46.2 Å². The van der Waals surface area contributed by atoms with E-state index in [9.17, 15) is 0 Å². The lowest BCUT2D eigenvalue weighted by atomic mass is 10.2. The Bertz CT molecular complexity index is 6170. The van der Waals surface area contributed by atoms with Gasteiger partial charge >= 0.3 is 0 Å². The van der Waals surface area contributed by atoms with Gasteiger partial charge in [-0.15, -0.1) is 68.0 Å². The molecule has 4 N–H and O–H groups in total. The molecule has 4 aromatic carbocycles. The molecule has 21 rings (SSSR count). The molecule has 0 unspecified atom stereocenters. The van der Waals surface area contributed by atoms with Crippen LogP contribution in [0.5, 0.6) is 0 Å². The average Bonchev–Trinajstić information content (AvgIpc) is 1.64. The summed E-state index contributed by atoms with van der Waals surface area (Å²) in [6, 6.07) is 51.4. The Kier molecular flexibility index (Phi) is 29.0. The molecule has 0 radical (unpaired) electrons. The minimum Gasteiger partial charge on any atom is -0.378 e. The molecule has 0 aliphatic carbocycles. The molecule has 0 atom stereocenters. The Morgan fingerprint density at radius 3 is 1.14 bits per heavy atom. The maximum absolute atomic E-state index is 6.12. The molecular weight excluding hydrogens is 1860 g/mol. The molecule has 5 saturated heterocycles. The van der Waals surface area contributed by atoms with E-state index in [1.165, 1.54) is 51.1 Å². The fourth-order valence-electron chi connectivity index (χ4n) is 13.4. The predicted molar refractivity (Wildman–Crippen MR) is 504 cm³/mol. The molecule has 26 nitrogen and oxygen atoms in total. The third-order valence-electron chi connectivity index (χ3n) is 19.1. The van der Waals surface area contributed by atoms with E-state index in [1.807, 2.05) is 83.6 Å². The van der Waals surface area contributed by atoms with Crippen LogP contribution in [0.4, 0.5) is 41.0 Å². The number of halogens is 6. The first-order valence-electron chi connectivity index (χ1n) is 38.1. The molecule has 5 aliphatic rings. The fourth-order valence-corrected chi connectivity index (χ4v) is 21.2. The summed E-state index contributed by atoms with van der Waals surface area (Å²) in [5, 5.41) is 9.83. The number of thiophene rings is 6. The minimum absolute atomic E-state index is 0.195. The van der Waals surface area contributed by atoms with Gasteiger partial charge in [0.25, 0.3) is 0 Å². The predicted octanol–water partition coefficient (Wildman–Crippen LogP) is 19.2. The second-order valence-electron chi connectivity index (χ2n) is 27.0. The van der Waals surface area contributed by atoms with Crippen LogP contribution in [-0.4, -0.2) is 198 Å². The highest BCUT2D eigenvalue weighted by Crippen LogP contribution is 2.43. The van der Waals surface area contributed by atoms with Gasteiger partial charge in [0.05, 0.1) is 136 Å². The van der Waals surface area contributed by atoms with Gasteiger partial charge in [-0.3, -0.25) is 5.43 Å². The summed E-state index contributed by atoms with van der Waals surface area (Å²) in [5.41, 5.74) is 16.8. The maximum atomic E-state index is 6.12. The highest BCUT2D eigenvalue weighted by Gasteiger charge is 2.26. The van der Waals surface area contributed by atoms with Crippen LogP contribution in [0, 0.1) is 9.81 Å². The number of morpholine rings is 5. The zero-order chi connectivity index (χ0) is 82.3. The number of nitrogens with two attached hydrogens (primary N) is 1. The van der Waals surface area contributed by atoms with Gasteiger partial charge in [-0.1, -0.05) is 132 Å². The number of hydrazine groups is 1. The summed E-state index contributed by atoms with van der Waals surface area (Å²) < 4.78 is 34.7. The van der Waals surface area contributed by atoms with Gasteiger partial charge in [0.1, 0.15) is 0 Å². The van der Waals surface area contributed by atoms with Crippen molar-refractivity contribution in [2.24, 2.45) is 10.9 Å². The van der Waals surface area contributed by atoms with Gasteiger partial charge < -0.3 is 48.2 Å². The van der Waals surface area contributed by atoms with E-state index >= 15 is 0 Å². The van der Waals surface area contributed by atoms with E-state index in [4.69, 9.17) is 97.5 Å². The van der Waals surface area contributed by atoms with E-state index in [0.29, 0.717) is 59.3 Å². The van der Waals surface area contributed by atoms with E-state index < -0.39 is 0 Å². The number of rotatable bonds is 12. The van der Waals surface area contributed by atoms with Gasteiger partial charge in [0, 0.05) is 80.1 Å². The molecule has 16 aromatic rings. The van der Waals surface area contributed by atoms with Gasteiger partial charge in [0.15, 0.2) is 34.2 Å². The molecule has 5 aliphatic heterocycles. The van der Waals surface area contributed by atoms with Gasteiger partial charge in [-0.05, 0) is 145 Å². The lowest BCUT2D eigenvalue weighted by molar-refractivity contribution is 0.122. The van der Waals surface area contributed by atoms with E-state index in [-0.39, 0.29) is 5.28 Å². The standard InChI is InChI=1S/C24H23N5OS.C16H14ClN3OS.C16H17N5OS.C10H9ClIN3OS.C10H10ClN3OS.C6H2Cl2N2S/c1-17-6-5-7-18(14-17)16-25-28-24-26-20-15-21(19-8-3-2-4-9-19)31-22(20)23(27-24)29-10-12-30-13-11-29;17-16-18-12-10-13(11-4-2-1-3-5-11)22-14(12)15(19-16)20-6-8-21-9-7-20;17-20-16-18-12-10-13(11-4-2-1-3-5-11)23-14(12)15(19-16)21-6-8-22-9-7-21;11-10-13-6-5-7(12)17-8(6)9(14-10)15-1-3-16-4-2-15;11-10-12-7-1-6-16-8(7)9(13-10)14-2-4-15-5-3-14;7-5-4-3(1-2-11-4)9-6(8)10-5/h2-9,14-16H,10-13H2,1H3,(H,26,27,28);1-5,10H,6-9H2;1-5,10H,6-9,17H2,(H,18,19,20);5H,1-4H2;1,6H,2-5H2;1-2H/b25-16+;;;;;. The van der Waals surface area contributed by atoms with Crippen LogP contribution in [0.1, 0.15) is 11.1 Å². The highest BCUT2D eigenvalue weighted by atomic mass is 127. The molecule has 120 heavy (non-hydrogen) atoms. The number of anilines is 7. The van der Waals surface area contributed by atoms with E-state index in [2.05, 4.69) is 199 Å². The normalized spacial score (nSPS) is 15.1. The number of hydrogen-bond acceptors (Lipinski definition) is 32. The number of benzene rings is 4. The number of aryl methyl sites for hydroxylation is 1. The Morgan fingerprint density at radius 1 is 0.367 bits per heavy atom. The first kappa shape index (κ1) is 84.9. The van der Waals surface area contributed by atoms with Crippen molar-refractivity contribution >= 4 is 257 Å². The highest BCUT2D eigenvalue weighted by molar-refractivity contribution is 14.1. The molecule has 0 bridgehead atoms. The zero-order valence-electron chi connectivity index (χ0n) is 64.2. The third kappa shape index (κ3) is 21.3. The third-order valence-corrected chi connectivity index (χ3v) is 27.4. The number of nitrogen functional groups attached to an aromatic ring is 1. The molecule has 616 valence electrons. The molecule has 0 saturated carbocycles. The van der Waals surface area contributed by atoms with Gasteiger partial charge in [0.2, 0.25) is 33.0 Å². The number of ether oxygens (including phenoxy) is 5. The number of fused-ring (bicyclic) bond motifs is 6. The van der Waals surface area contributed by atoms with Gasteiger partial charge in [-0.2, -0.15) is 30.0 Å². The second kappa shape index (κ2) is 41.0. The van der Waals surface area contributed by atoms with Crippen molar-refractivity contribution < 1.29 is 23.7 Å². The van der Waals surface area contributed by atoms with Crippen LogP contribution in [0.25, 0.3) is 92.6 Å². The lowest BCUT2D eigenvalue weighted by Gasteiger charge is -2.28. The van der Waals surface area contributed by atoms with Crippen LogP contribution in [0.15, 0.2) is 168 Å². The van der Waals surface area contributed by atoms with Crippen molar-refractivity contribution in [3.63, 3.8) is 0 Å². The molecule has 17 heterocycles. The van der Waals surface area contributed by atoms with Crippen LogP contribution < -0.4 is 41.2 Å². The van der Waals surface area contributed by atoms with Crippen molar-refractivity contribution in [1.29, 1.82) is 0 Å². The maximum Gasteiger partial charge on any atom is 0.246 e. The van der Waals surface area contributed by atoms with Crippen LogP contribution >= 0.6 is 149 Å². The first-order chi connectivity index (χ1) is 58.8. The minimum atomic E-state index is 0.195. The quantitative estimate of drug-likeness (QED) is 0.0256. The number of nitrogens with one attached hydrogen (secondary N) is 2. The van der Waals surface area contributed by atoms with Crippen molar-refractivity contribution in [2.45, 2.75) is 6.92 Å². The molecule has 5 fully saturated rings. The number of aromatic nitrogens is 12. The Labute approximate surface area is 752 Å². The van der Waals surface area contributed by atoms with Crippen LogP contribution in [0.3, 0.4) is 0 Å². The Hall–Kier alpha value is -8.67. The largest absolute Gasteiger partial charge is 0.378 e. The molecular formula is C82H75Cl5IN21O5S6. The summed E-state index contributed by atoms with van der Waals surface area (Å²) in [4.78, 5) is 67.1. The Morgan fingerprint density at radius 2 is 0.717 bits per heavy atom. The molecule has 0 amide bonds. The summed E-state index contributed by atoms with van der Waals surface area (Å²) in [5.74, 6) is 11.1. The molecule has 38 heteroatoms. The summed E-state index contributed by atoms with van der Waals surface area (Å²) in [6.45, 7) is 17.7. The van der Waals surface area contributed by atoms with Crippen LogP contribution in [-0.2, 0) is 23.7 Å². The number of hydrogen-bond donors (Lipinski definition) is 3.